The second-order valence-corrected chi connectivity index (χ2v) is 4.50. The molecule has 1 aromatic heterocycles. The number of hydrogen-bond donors (Lipinski definition) is 1. The highest BCUT2D eigenvalue weighted by molar-refractivity contribution is 5.49. The third-order valence-corrected chi connectivity index (χ3v) is 3.01. The van der Waals surface area contributed by atoms with E-state index in [0.717, 1.165) is 18.4 Å². The van der Waals surface area contributed by atoms with E-state index in [1.807, 2.05) is 0 Å². The van der Waals surface area contributed by atoms with Gasteiger partial charge in [0.05, 0.1) is 5.56 Å². The normalized spacial score (nSPS) is 10.4. The van der Waals surface area contributed by atoms with Crippen LogP contribution in [0.15, 0.2) is 24.5 Å². The van der Waals surface area contributed by atoms with Gasteiger partial charge in [-0.2, -0.15) is 0 Å². The standard InChI is InChI=1S/C15H18FN3O/c1-4-6-11-14(17-3)18-9-19-15(11)20-12-8-5-7-10(2)13(12)16/h5,7-9H,4,6H2,1-3H3,(H,17,18,19). The SMILES string of the molecule is CCCc1c(NC)ncnc1Oc1cccc(C)c1F. The zero-order valence-electron chi connectivity index (χ0n) is 11.9. The molecule has 20 heavy (non-hydrogen) atoms. The molecule has 0 bridgehead atoms. The maximum atomic E-state index is 14.0. The van der Waals surface area contributed by atoms with Crippen LogP contribution in [0, 0.1) is 12.7 Å². The predicted molar refractivity (Wildman–Crippen MR) is 76.8 cm³/mol. The number of hydrogen-bond acceptors (Lipinski definition) is 4. The van der Waals surface area contributed by atoms with Crippen molar-refractivity contribution in [3.05, 3.63) is 41.5 Å². The molecule has 0 unspecified atom stereocenters. The molecule has 0 saturated carbocycles. The lowest BCUT2D eigenvalue weighted by molar-refractivity contribution is 0.419. The van der Waals surface area contributed by atoms with E-state index in [-0.39, 0.29) is 11.6 Å². The van der Waals surface area contributed by atoms with E-state index >= 15 is 0 Å². The molecule has 2 rings (SSSR count). The van der Waals surface area contributed by atoms with Crippen molar-refractivity contribution in [3.8, 4) is 11.6 Å². The van der Waals surface area contributed by atoms with Gasteiger partial charge in [0.15, 0.2) is 11.6 Å². The van der Waals surface area contributed by atoms with Gasteiger partial charge in [0, 0.05) is 7.05 Å². The molecule has 1 N–H and O–H groups in total. The van der Waals surface area contributed by atoms with E-state index in [4.69, 9.17) is 4.74 Å². The smallest absolute Gasteiger partial charge is 0.227 e. The Kier molecular flexibility index (Phi) is 4.50. The molecular formula is C15H18FN3O. The second kappa shape index (κ2) is 6.32. The molecule has 2 aromatic rings. The number of nitrogens with one attached hydrogen (secondary N) is 1. The van der Waals surface area contributed by atoms with Crippen LogP contribution in [-0.4, -0.2) is 17.0 Å². The second-order valence-electron chi connectivity index (χ2n) is 4.50. The van der Waals surface area contributed by atoms with Crippen molar-refractivity contribution in [2.24, 2.45) is 0 Å². The van der Waals surface area contributed by atoms with Crippen molar-refractivity contribution < 1.29 is 9.13 Å². The molecule has 0 aliphatic rings. The summed E-state index contributed by atoms with van der Waals surface area (Å²) in [5, 5.41) is 3.01. The van der Waals surface area contributed by atoms with Crippen LogP contribution in [0.5, 0.6) is 11.6 Å². The van der Waals surface area contributed by atoms with Crippen molar-refractivity contribution in [2.45, 2.75) is 26.7 Å². The van der Waals surface area contributed by atoms with E-state index in [1.54, 1.807) is 32.2 Å². The van der Waals surface area contributed by atoms with Gasteiger partial charge in [-0.15, -0.1) is 0 Å². The molecule has 4 nitrogen and oxygen atoms in total. The largest absolute Gasteiger partial charge is 0.435 e. The number of aromatic nitrogens is 2. The fourth-order valence-electron chi connectivity index (χ4n) is 1.98. The number of anilines is 1. The highest BCUT2D eigenvalue weighted by Crippen LogP contribution is 2.30. The summed E-state index contributed by atoms with van der Waals surface area (Å²) in [6.45, 7) is 3.76. The lowest BCUT2D eigenvalue weighted by Crippen LogP contribution is -2.04. The minimum atomic E-state index is -0.362. The van der Waals surface area contributed by atoms with E-state index < -0.39 is 0 Å². The Morgan fingerprint density at radius 1 is 1.30 bits per heavy atom. The van der Waals surface area contributed by atoms with Crippen molar-refractivity contribution in [3.63, 3.8) is 0 Å². The summed E-state index contributed by atoms with van der Waals surface area (Å²) in [5.41, 5.74) is 1.40. The molecule has 0 aliphatic carbocycles. The Morgan fingerprint density at radius 2 is 2.10 bits per heavy atom. The zero-order chi connectivity index (χ0) is 14.5. The van der Waals surface area contributed by atoms with Gasteiger partial charge in [0.25, 0.3) is 0 Å². The number of aryl methyl sites for hydroxylation is 1. The predicted octanol–water partition coefficient (Wildman–Crippen LogP) is 3.71. The Bertz CT molecular complexity index is 602. The number of rotatable bonds is 5. The van der Waals surface area contributed by atoms with E-state index in [9.17, 15) is 4.39 Å². The van der Waals surface area contributed by atoms with Gasteiger partial charge in [-0.1, -0.05) is 25.5 Å². The summed E-state index contributed by atoms with van der Waals surface area (Å²) in [4.78, 5) is 8.29. The molecule has 0 spiro atoms. The molecular weight excluding hydrogens is 257 g/mol. The summed E-state index contributed by atoms with van der Waals surface area (Å²) in [6.07, 6.45) is 3.10. The third kappa shape index (κ3) is 2.87. The first-order chi connectivity index (χ1) is 9.67. The maximum Gasteiger partial charge on any atom is 0.227 e. The maximum absolute atomic E-state index is 14.0. The number of benzene rings is 1. The lowest BCUT2D eigenvalue weighted by atomic mass is 10.1. The molecule has 5 heteroatoms. The van der Waals surface area contributed by atoms with Crippen LogP contribution >= 0.6 is 0 Å². The fourth-order valence-corrected chi connectivity index (χ4v) is 1.98. The van der Waals surface area contributed by atoms with Crippen LogP contribution in [0.25, 0.3) is 0 Å². The Labute approximate surface area is 118 Å². The van der Waals surface area contributed by atoms with Crippen molar-refractivity contribution in [2.75, 3.05) is 12.4 Å². The van der Waals surface area contributed by atoms with Gasteiger partial charge in [0.2, 0.25) is 5.88 Å². The fraction of sp³-hybridized carbons (Fsp3) is 0.333. The van der Waals surface area contributed by atoms with Crippen LogP contribution in [0.3, 0.4) is 0 Å². The molecule has 1 heterocycles. The summed E-state index contributed by atoms with van der Waals surface area (Å²) in [6, 6.07) is 5.06. The van der Waals surface area contributed by atoms with Crippen molar-refractivity contribution in [1.29, 1.82) is 0 Å². The first kappa shape index (κ1) is 14.2. The topological polar surface area (TPSA) is 47.0 Å². The van der Waals surface area contributed by atoms with Gasteiger partial charge in [-0.3, -0.25) is 0 Å². The summed E-state index contributed by atoms with van der Waals surface area (Å²) < 4.78 is 19.7. The van der Waals surface area contributed by atoms with Crippen molar-refractivity contribution in [1.82, 2.24) is 9.97 Å². The molecule has 0 amide bonds. The van der Waals surface area contributed by atoms with Crippen LogP contribution in [0.2, 0.25) is 0 Å². The lowest BCUT2D eigenvalue weighted by Gasteiger charge is -2.13. The highest BCUT2D eigenvalue weighted by atomic mass is 19.1. The van der Waals surface area contributed by atoms with E-state index in [1.165, 1.54) is 6.33 Å². The van der Waals surface area contributed by atoms with Gasteiger partial charge in [0.1, 0.15) is 12.1 Å². The molecule has 0 saturated heterocycles. The Balaban J connectivity index is 2.40. The number of ether oxygens (including phenoxy) is 1. The summed E-state index contributed by atoms with van der Waals surface area (Å²) in [5.74, 6) is 0.934. The van der Waals surface area contributed by atoms with E-state index in [2.05, 4.69) is 22.2 Å². The van der Waals surface area contributed by atoms with Crippen LogP contribution in [0.1, 0.15) is 24.5 Å². The van der Waals surface area contributed by atoms with Crippen molar-refractivity contribution >= 4 is 5.82 Å². The van der Waals surface area contributed by atoms with Crippen LogP contribution < -0.4 is 10.1 Å². The highest BCUT2D eigenvalue weighted by Gasteiger charge is 2.14. The quantitative estimate of drug-likeness (QED) is 0.903. The molecule has 0 aliphatic heterocycles. The Morgan fingerprint density at radius 3 is 2.80 bits per heavy atom. The molecule has 0 fully saturated rings. The van der Waals surface area contributed by atoms with E-state index in [0.29, 0.717) is 17.3 Å². The molecule has 0 atom stereocenters. The number of halogens is 1. The van der Waals surface area contributed by atoms with Gasteiger partial charge < -0.3 is 10.1 Å². The average molecular weight is 275 g/mol. The van der Waals surface area contributed by atoms with Gasteiger partial charge in [-0.05, 0) is 25.0 Å². The molecule has 1 aromatic carbocycles. The zero-order valence-corrected chi connectivity index (χ0v) is 11.9. The third-order valence-electron chi connectivity index (χ3n) is 3.01. The molecule has 106 valence electrons. The molecule has 0 radical (unpaired) electrons. The average Bonchev–Trinajstić information content (AvgIpc) is 2.46. The monoisotopic (exact) mass is 275 g/mol. The minimum absolute atomic E-state index is 0.183. The minimum Gasteiger partial charge on any atom is -0.435 e. The van der Waals surface area contributed by atoms with Crippen LogP contribution in [0.4, 0.5) is 10.2 Å². The van der Waals surface area contributed by atoms with Gasteiger partial charge in [-0.25, -0.2) is 14.4 Å². The number of nitrogens with zero attached hydrogens (tertiary/aromatic N) is 2. The first-order valence-corrected chi connectivity index (χ1v) is 6.62. The van der Waals surface area contributed by atoms with Gasteiger partial charge >= 0.3 is 0 Å². The van der Waals surface area contributed by atoms with Crippen LogP contribution in [-0.2, 0) is 6.42 Å². The summed E-state index contributed by atoms with van der Waals surface area (Å²) in [7, 11) is 1.79. The first-order valence-electron chi connectivity index (χ1n) is 6.62. The Hall–Kier alpha value is -2.17. The summed E-state index contributed by atoms with van der Waals surface area (Å²) >= 11 is 0.